The third kappa shape index (κ3) is 2.41. The largest absolute Gasteiger partial charge is 0.433 e. The van der Waals surface area contributed by atoms with Crippen molar-refractivity contribution in [1.29, 1.82) is 0 Å². The van der Waals surface area contributed by atoms with E-state index < -0.39 is 11.9 Å². The zero-order valence-corrected chi connectivity index (χ0v) is 8.39. The predicted molar refractivity (Wildman–Crippen MR) is 50.1 cm³/mol. The van der Waals surface area contributed by atoms with Crippen LogP contribution in [0.3, 0.4) is 0 Å². The Morgan fingerprint density at radius 3 is 2.71 bits per heavy atom. The van der Waals surface area contributed by atoms with E-state index in [0.717, 1.165) is 16.9 Å². The summed E-state index contributed by atoms with van der Waals surface area (Å²) >= 11 is 0. The fourth-order valence-electron chi connectivity index (χ4n) is 1.21. The highest BCUT2D eigenvalue weighted by Gasteiger charge is 2.32. The van der Waals surface area contributed by atoms with Crippen molar-refractivity contribution in [3.63, 3.8) is 0 Å². The summed E-state index contributed by atoms with van der Waals surface area (Å²) < 4.78 is 38.4. The van der Waals surface area contributed by atoms with Crippen LogP contribution in [0.15, 0.2) is 24.5 Å². The van der Waals surface area contributed by atoms with Gasteiger partial charge in [0, 0.05) is 6.20 Å². The van der Waals surface area contributed by atoms with Crippen molar-refractivity contribution in [3.8, 4) is 5.69 Å². The Hall–Kier alpha value is -1.96. The summed E-state index contributed by atoms with van der Waals surface area (Å²) in [5, 5.41) is 15.9. The van der Waals surface area contributed by atoms with Crippen LogP contribution in [0.1, 0.15) is 11.4 Å². The van der Waals surface area contributed by atoms with Crippen LogP contribution >= 0.6 is 0 Å². The first-order valence-corrected chi connectivity index (χ1v) is 4.56. The van der Waals surface area contributed by atoms with Gasteiger partial charge in [-0.2, -0.15) is 13.2 Å². The molecule has 0 saturated carbocycles. The fraction of sp³-hybridized carbons (Fsp3) is 0.222. The van der Waals surface area contributed by atoms with Gasteiger partial charge in [0.15, 0.2) is 0 Å². The van der Waals surface area contributed by atoms with Crippen LogP contribution < -0.4 is 0 Å². The van der Waals surface area contributed by atoms with E-state index >= 15 is 0 Å². The molecule has 2 aromatic heterocycles. The van der Waals surface area contributed by atoms with E-state index in [0.29, 0.717) is 0 Å². The molecule has 0 unspecified atom stereocenters. The van der Waals surface area contributed by atoms with Gasteiger partial charge in [0.05, 0.1) is 18.5 Å². The Bertz CT molecular complexity index is 523. The molecule has 0 radical (unpaired) electrons. The molecule has 90 valence electrons. The average Bonchev–Trinajstić information content (AvgIpc) is 2.76. The highest BCUT2D eigenvalue weighted by Crippen LogP contribution is 2.28. The van der Waals surface area contributed by atoms with Gasteiger partial charge < -0.3 is 5.11 Å². The van der Waals surface area contributed by atoms with E-state index in [1.165, 1.54) is 12.3 Å². The van der Waals surface area contributed by atoms with Crippen molar-refractivity contribution in [3.05, 3.63) is 35.9 Å². The second kappa shape index (κ2) is 4.13. The number of hydrogen-bond donors (Lipinski definition) is 1. The minimum absolute atomic E-state index is 0.180. The number of alkyl halides is 3. The van der Waals surface area contributed by atoms with Crippen molar-refractivity contribution < 1.29 is 18.3 Å². The van der Waals surface area contributed by atoms with Gasteiger partial charge in [-0.25, -0.2) is 4.68 Å². The molecule has 2 heterocycles. The second-order valence-electron chi connectivity index (χ2n) is 3.21. The number of aromatic nitrogens is 4. The van der Waals surface area contributed by atoms with Gasteiger partial charge in [-0.1, -0.05) is 5.21 Å². The predicted octanol–water partition coefficient (Wildman–Crippen LogP) is 1.17. The molecule has 17 heavy (non-hydrogen) atoms. The molecule has 0 atom stereocenters. The van der Waals surface area contributed by atoms with Crippen molar-refractivity contribution in [2.75, 3.05) is 0 Å². The van der Waals surface area contributed by atoms with Gasteiger partial charge in [-0.05, 0) is 12.1 Å². The molecule has 2 rings (SSSR count). The van der Waals surface area contributed by atoms with Crippen LogP contribution in [-0.2, 0) is 12.8 Å². The molecule has 5 nitrogen and oxygen atoms in total. The molecule has 0 fully saturated rings. The first-order chi connectivity index (χ1) is 8.00. The Morgan fingerprint density at radius 2 is 2.12 bits per heavy atom. The topological polar surface area (TPSA) is 63.8 Å². The minimum Gasteiger partial charge on any atom is -0.390 e. The molecule has 0 aromatic carbocycles. The lowest BCUT2D eigenvalue weighted by Gasteiger charge is -2.06. The van der Waals surface area contributed by atoms with Crippen LogP contribution in [0.4, 0.5) is 13.2 Å². The Labute approximate surface area is 93.5 Å². The normalized spacial score (nSPS) is 11.8. The van der Waals surface area contributed by atoms with Crippen molar-refractivity contribution >= 4 is 0 Å². The molecule has 0 aliphatic rings. The van der Waals surface area contributed by atoms with E-state index in [4.69, 9.17) is 5.11 Å². The smallest absolute Gasteiger partial charge is 0.390 e. The maximum absolute atomic E-state index is 12.4. The Morgan fingerprint density at radius 1 is 1.35 bits per heavy atom. The standard InChI is InChI=1S/C9H7F3N4O/c10-9(11,12)8-3-7(1-2-13-8)16-4-6(5-17)14-15-16/h1-4,17H,5H2. The lowest BCUT2D eigenvalue weighted by molar-refractivity contribution is -0.141. The summed E-state index contributed by atoms with van der Waals surface area (Å²) in [6.45, 7) is -0.322. The number of aliphatic hydroxyl groups excluding tert-OH is 1. The highest BCUT2D eigenvalue weighted by atomic mass is 19.4. The van der Waals surface area contributed by atoms with Crippen molar-refractivity contribution in [2.45, 2.75) is 12.8 Å². The SMILES string of the molecule is OCc1cn(-c2ccnc(C(F)(F)F)c2)nn1. The first kappa shape index (κ1) is 11.5. The summed E-state index contributed by atoms with van der Waals surface area (Å²) in [6.07, 6.45) is -2.12. The number of rotatable bonds is 2. The van der Waals surface area contributed by atoms with Crippen LogP contribution in [0.25, 0.3) is 5.69 Å². The molecule has 0 amide bonds. The van der Waals surface area contributed by atoms with Crippen LogP contribution in [0.2, 0.25) is 0 Å². The fourth-order valence-corrected chi connectivity index (χ4v) is 1.21. The molecular weight excluding hydrogens is 237 g/mol. The summed E-state index contributed by atoms with van der Waals surface area (Å²) in [7, 11) is 0. The summed E-state index contributed by atoms with van der Waals surface area (Å²) in [4.78, 5) is 3.23. The molecule has 0 saturated heterocycles. The lowest BCUT2D eigenvalue weighted by Crippen LogP contribution is -2.09. The van der Waals surface area contributed by atoms with Gasteiger partial charge in [0.25, 0.3) is 0 Å². The number of nitrogens with zero attached hydrogens (tertiary/aromatic N) is 4. The zero-order valence-electron chi connectivity index (χ0n) is 8.39. The summed E-state index contributed by atoms with van der Waals surface area (Å²) in [5.41, 5.74) is -0.550. The molecule has 1 N–H and O–H groups in total. The van der Waals surface area contributed by atoms with Crippen molar-refractivity contribution in [1.82, 2.24) is 20.0 Å². The van der Waals surface area contributed by atoms with Gasteiger partial charge in [0.2, 0.25) is 0 Å². The van der Waals surface area contributed by atoms with Gasteiger partial charge >= 0.3 is 6.18 Å². The molecule has 0 bridgehead atoms. The zero-order chi connectivity index (χ0) is 12.5. The van der Waals surface area contributed by atoms with E-state index in [9.17, 15) is 13.2 Å². The van der Waals surface area contributed by atoms with E-state index in [1.54, 1.807) is 0 Å². The van der Waals surface area contributed by atoms with Crippen LogP contribution in [0, 0.1) is 0 Å². The maximum Gasteiger partial charge on any atom is 0.433 e. The summed E-state index contributed by atoms with van der Waals surface area (Å²) in [5.74, 6) is 0. The first-order valence-electron chi connectivity index (χ1n) is 4.56. The molecular formula is C9H7F3N4O. The van der Waals surface area contributed by atoms with E-state index in [1.807, 2.05) is 0 Å². The average molecular weight is 244 g/mol. The van der Waals surface area contributed by atoms with E-state index in [2.05, 4.69) is 15.3 Å². The number of halogens is 3. The number of pyridine rings is 1. The third-order valence-electron chi connectivity index (χ3n) is 2.00. The second-order valence-corrected chi connectivity index (χ2v) is 3.21. The quantitative estimate of drug-likeness (QED) is 0.861. The Balaban J connectivity index is 2.39. The number of aliphatic hydroxyl groups is 1. The van der Waals surface area contributed by atoms with Gasteiger partial charge in [-0.3, -0.25) is 4.98 Å². The summed E-state index contributed by atoms with van der Waals surface area (Å²) in [6, 6.07) is 2.22. The number of hydrogen-bond acceptors (Lipinski definition) is 4. The van der Waals surface area contributed by atoms with E-state index in [-0.39, 0.29) is 18.0 Å². The van der Waals surface area contributed by atoms with Gasteiger partial charge in [-0.15, -0.1) is 5.10 Å². The molecule has 0 spiro atoms. The molecule has 2 aromatic rings. The van der Waals surface area contributed by atoms with Gasteiger partial charge in [0.1, 0.15) is 11.4 Å². The Kier molecular flexibility index (Phi) is 2.80. The highest BCUT2D eigenvalue weighted by molar-refractivity contribution is 5.32. The van der Waals surface area contributed by atoms with Crippen LogP contribution in [0.5, 0.6) is 0 Å². The molecule has 0 aliphatic carbocycles. The maximum atomic E-state index is 12.4. The van der Waals surface area contributed by atoms with Crippen molar-refractivity contribution in [2.24, 2.45) is 0 Å². The lowest BCUT2D eigenvalue weighted by atomic mass is 10.3. The molecule has 8 heteroatoms. The third-order valence-corrected chi connectivity index (χ3v) is 2.00. The molecule has 0 aliphatic heterocycles. The monoisotopic (exact) mass is 244 g/mol. The van der Waals surface area contributed by atoms with Crippen LogP contribution in [-0.4, -0.2) is 25.1 Å². The minimum atomic E-state index is -4.50.